The summed E-state index contributed by atoms with van der Waals surface area (Å²) in [7, 11) is -10.4. The molecule has 2 N–H and O–H groups in total. The van der Waals surface area contributed by atoms with E-state index in [1.807, 2.05) is 0 Å². The molecule has 6 aromatic rings. The summed E-state index contributed by atoms with van der Waals surface area (Å²) in [6.07, 6.45) is 0. The smallest absolute Gasteiger partial charge is 0.282 e. The maximum Gasteiger partial charge on any atom is 0.295 e. The molecule has 246 valence electrons. The summed E-state index contributed by atoms with van der Waals surface area (Å²) >= 11 is 0. The number of benzene rings is 6. The van der Waals surface area contributed by atoms with Gasteiger partial charge in [-0.3, -0.25) is 28.3 Å². The number of imide groups is 2. The number of anilines is 2. The van der Waals surface area contributed by atoms with Gasteiger partial charge in [0.2, 0.25) is 0 Å². The van der Waals surface area contributed by atoms with E-state index in [0.717, 1.165) is 34.1 Å². The molecule has 2 aliphatic rings. The van der Waals surface area contributed by atoms with Gasteiger partial charge in [-0.25, -0.2) is 9.80 Å². The van der Waals surface area contributed by atoms with E-state index in [1.54, 1.807) is 48.5 Å². The van der Waals surface area contributed by atoms with Gasteiger partial charge in [0.15, 0.2) is 0 Å². The van der Waals surface area contributed by atoms with Crippen molar-refractivity contribution in [2.24, 2.45) is 0 Å². The third-order valence-corrected chi connectivity index (χ3v) is 10.6. The highest BCUT2D eigenvalue weighted by molar-refractivity contribution is 7.86. The number of hydrogen-bond donors (Lipinski definition) is 2. The van der Waals surface area contributed by atoms with Crippen LogP contribution in [0, 0.1) is 0 Å². The Hall–Kier alpha value is -6.06. The van der Waals surface area contributed by atoms with Crippen molar-refractivity contribution in [3.63, 3.8) is 0 Å². The molecule has 8 rings (SSSR count). The SMILES string of the molecule is O=C1c2cccc3cccc(c23)C(=O)N1c1ccc(-c2ccc(N3C(=O)c4cccc5cccc(c45)C3=O)cc2S(=O)(=O)O)c(S(=O)(=O)O)c1. The summed E-state index contributed by atoms with van der Waals surface area (Å²) in [4.78, 5) is 54.2. The Kier molecular flexibility index (Phi) is 6.69. The van der Waals surface area contributed by atoms with Crippen molar-refractivity contribution in [3.8, 4) is 11.1 Å². The fraction of sp³-hybridized carbons (Fsp3) is 0. The molecule has 12 nitrogen and oxygen atoms in total. The van der Waals surface area contributed by atoms with Crippen molar-refractivity contribution in [1.29, 1.82) is 0 Å². The molecule has 2 heterocycles. The molecule has 0 radical (unpaired) electrons. The van der Waals surface area contributed by atoms with Crippen molar-refractivity contribution in [2.45, 2.75) is 9.79 Å². The molecule has 2 aliphatic heterocycles. The van der Waals surface area contributed by atoms with Crippen LogP contribution in [-0.4, -0.2) is 49.6 Å². The lowest BCUT2D eigenvalue weighted by Gasteiger charge is -2.28. The van der Waals surface area contributed by atoms with E-state index < -0.39 is 64.8 Å². The molecule has 50 heavy (non-hydrogen) atoms. The second kappa shape index (κ2) is 10.7. The van der Waals surface area contributed by atoms with E-state index in [9.17, 15) is 45.1 Å². The van der Waals surface area contributed by atoms with E-state index in [2.05, 4.69) is 0 Å². The fourth-order valence-corrected chi connectivity index (χ4v) is 8.15. The first-order valence-corrected chi connectivity index (χ1v) is 17.7. The lowest BCUT2D eigenvalue weighted by Crippen LogP contribution is -2.40. The number of carbonyl (C=O) groups is 4. The molecule has 14 heteroatoms. The zero-order chi connectivity index (χ0) is 35.3. The minimum absolute atomic E-state index is 0.181. The van der Waals surface area contributed by atoms with Crippen LogP contribution >= 0.6 is 0 Å². The van der Waals surface area contributed by atoms with E-state index in [-0.39, 0.29) is 33.6 Å². The standard InChI is InChI=1S/C36H20N2O10S2/c39-33-25-9-1-5-19-6-2-10-26(31(19)25)34(40)37(33)21-13-15-23(29(17-21)49(43,44)45)24-16-14-22(18-30(24)50(46,47)48)38-35(41)27-11-3-7-20-8-4-12-28(32(20)27)36(38)42/h1-18H,(H,43,44,45)(H,46,47,48). The Bertz CT molecular complexity index is 2520. The van der Waals surface area contributed by atoms with Gasteiger partial charge in [-0.05, 0) is 59.3 Å². The zero-order valence-corrected chi connectivity index (χ0v) is 26.9. The molecule has 4 amide bonds. The molecule has 0 fully saturated rings. The highest BCUT2D eigenvalue weighted by atomic mass is 32.2. The first-order chi connectivity index (χ1) is 23.8. The van der Waals surface area contributed by atoms with Crippen LogP contribution in [-0.2, 0) is 20.2 Å². The molecule has 6 aromatic carbocycles. The first kappa shape index (κ1) is 31.2. The maximum absolute atomic E-state index is 13.6. The Morgan fingerprint density at radius 2 is 0.700 bits per heavy atom. The van der Waals surface area contributed by atoms with Gasteiger partial charge in [-0.1, -0.05) is 60.7 Å². The van der Waals surface area contributed by atoms with Crippen LogP contribution in [0.5, 0.6) is 0 Å². The minimum Gasteiger partial charge on any atom is -0.282 e. The molecule has 0 spiro atoms. The number of nitrogens with zero attached hydrogens (tertiary/aromatic N) is 2. The van der Waals surface area contributed by atoms with Gasteiger partial charge >= 0.3 is 0 Å². The predicted octanol–water partition coefficient (Wildman–Crippen LogP) is 5.75. The minimum atomic E-state index is -5.19. The van der Waals surface area contributed by atoms with Crippen molar-refractivity contribution < 1.29 is 45.1 Å². The van der Waals surface area contributed by atoms with Crippen molar-refractivity contribution >= 4 is 76.8 Å². The van der Waals surface area contributed by atoms with Gasteiger partial charge in [0.25, 0.3) is 43.9 Å². The van der Waals surface area contributed by atoms with Crippen molar-refractivity contribution in [1.82, 2.24) is 0 Å². The Labute approximate surface area is 283 Å². The van der Waals surface area contributed by atoms with Gasteiger partial charge in [0, 0.05) is 44.2 Å². The number of amides is 4. The van der Waals surface area contributed by atoms with Gasteiger partial charge < -0.3 is 0 Å². The molecule has 0 aliphatic carbocycles. The average molecular weight is 705 g/mol. The summed E-state index contributed by atoms with van der Waals surface area (Å²) in [6, 6.07) is 25.7. The second-order valence-electron chi connectivity index (χ2n) is 11.6. The highest BCUT2D eigenvalue weighted by Crippen LogP contribution is 2.40. The highest BCUT2D eigenvalue weighted by Gasteiger charge is 2.37. The Balaban J connectivity index is 1.27. The monoisotopic (exact) mass is 704 g/mol. The molecule has 0 atom stereocenters. The zero-order valence-electron chi connectivity index (χ0n) is 25.3. The first-order valence-electron chi connectivity index (χ1n) is 14.8. The van der Waals surface area contributed by atoms with E-state index in [1.165, 1.54) is 36.4 Å². The van der Waals surface area contributed by atoms with E-state index >= 15 is 0 Å². The summed E-state index contributed by atoms with van der Waals surface area (Å²) in [6.45, 7) is 0. The maximum atomic E-state index is 13.6. The van der Waals surface area contributed by atoms with Crippen LogP contribution < -0.4 is 9.80 Å². The quantitative estimate of drug-likeness (QED) is 0.165. The van der Waals surface area contributed by atoms with Crippen LogP contribution in [0.2, 0.25) is 0 Å². The van der Waals surface area contributed by atoms with Crippen molar-refractivity contribution in [3.05, 3.63) is 131 Å². The summed E-state index contributed by atoms with van der Waals surface area (Å²) < 4.78 is 71.9. The number of carbonyl (C=O) groups excluding carboxylic acids is 4. The molecule has 0 aromatic heterocycles. The van der Waals surface area contributed by atoms with E-state index in [4.69, 9.17) is 0 Å². The topological polar surface area (TPSA) is 183 Å². The number of rotatable bonds is 5. The fourth-order valence-electron chi connectivity index (χ4n) is 6.70. The summed E-state index contributed by atoms with van der Waals surface area (Å²) in [5, 5.41) is 2.14. The van der Waals surface area contributed by atoms with Gasteiger partial charge in [-0.15, -0.1) is 0 Å². The summed E-state index contributed by atoms with van der Waals surface area (Å²) in [5.74, 6) is -3.04. The van der Waals surface area contributed by atoms with Gasteiger partial charge in [0.05, 0.1) is 11.4 Å². The average Bonchev–Trinajstić information content (AvgIpc) is 3.09. The molecule has 0 bridgehead atoms. The molecule has 0 saturated heterocycles. The van der Waals surface area contributed by atoms with Crippen LogP contribution in [0.1, 0.15) is 41.4 Å². The number of hydrogen-bond acceptors (Lipinski definition) is 8. The van der Waals surface area contributed by atoms with Crippen LogP contribution in [0.4, 0.5) is 11.4 Å². The van der Waals surface area contributed by atoms with Crippen molar-refractivity contribution in [2.75, 3.05) is 9.80 Å². The Morgan fingerprint density at radius 1 is 0.400 bits per heavy atom. The molecular weight excluding hydrogens is 685 g/mol. The lowest BCUT2D eigenvalue weighted by molar-refractivity contribution is 0.0877. The molecule has 0 unspecified atom stereocenters. The second-order valence-corrected chi connectivity index (χ2v) is 14.4. The third kappa shape index (κ3) is 4.58. The Morgan fingerprint density at radius 3 is 0.980 bits per heavy atom. The van der Waals surface area contributed by atoms with E-state index in [0.29, 0.717) is 21.5 Å². The van der Waals surface area contributed by atoms with Gasteiger partial charge in [-0.2, -0.15) is 16.8 Å². The van der Waals surface area contributed by atoms with Crippen LogP contribution in [0.25, 0.3) is 32.7 Å². The molecular formula is C36H20N2O10S2. The third-order valence-electron chi connectivity index (χ3n) is 8.84. The normalized spacial score (nSPS) is 14.6. The van der Waals surface area contributed by atoms with Crippen LogP contribution in [0.15, 0.2) is 119 Å². The largest absolute Gasteiger partial charge is 0.295 e. The molecule has 0 saturated carbocycles. The summed E-state index contributed by atoms with van der Waals surface area (Å²) in [5.41, 5.74) is -0.626. The van der Waals surface area contributed by atoms with Crippen LogP contribution in [0.3, 0.4) is 0 Å². The van der Waals surface area contributed by atoms with Gasteiger partial charge in [0.1, 0.15) is 9.79 Å². The lowest BCUT2D eigenvalue weighted by atomic mass is 9.93. The predicted molar refractivity (Wildman–Crippen MR) is 182 cm³/mol.